The van der Waals surface area contributed by atoms with Gasteiger partial charge in [0.25, 0.3) is 0 Å². The third-order valence-corrected chi connectivity index (χ3v) is 3.67. The lowest BCUT2D eigenvalue weighted by molar-refractivity contribution is 0.463. The number of phenols is 1. The van der Waals surface area contributed by atoms with E-state index in [1.54, 1.807) is 30.1 Å². The number of thioether (sulfide) groups is 1. The molecular formula is C13H14ClNOS. The van der Waals surface area contributed by atoms with Crippen LogP contribution in [-0.2, 0) is 0 Å². The zero-order valence-corrected chi connectivity index (χ0v) is 11.6. The van der Waals surface area contributed by atoms with E-state index in [0.29, 0.717) is 10.5 Å². The molecule has 90 valence electrons. The zero-order chi connectivity index (χ0) is 12.6. The molecule has 0 radical (unpaired) electrons. The number of rotatable bonds is 1. The molecule has 0 unspecified atom stereocenters. The van der Waals surface area contributed by atoms with Gasteiger partial charge in [-0.25, -0.2) is 0 Å². The molecule has 0 saturated carbocycles. The molecule has 2 aromatic rings. The standard InChI is InChI=1S/C13H14ClNOS/c1-13(2,3)17-12-6-8-9(14)4-5-15-10(8)7-11(12)16/h4-7,16H,1-3H3. The van der Waals surface area contributed by atoms with Crippen molar-refractivity contribution in [1.82, 2.24) is 4.98 Å². The Hall–Kier alpha value is -0.930. The van der Waals surface area contributed by atoms with Crippen LogP contribution in [0.1, 0.15) is 20.8 Å². The molecule has 0 amide bonds. The summed E-state index contributed by atoms with van der Waals surface area (Å²) in [6.45, 7) is 6.31. The molecule has 0 atom stereocenters. The lowest BCUT2D eigenvalue weighted by Gasteiger charge is -2.18. The molecule has 0 fully saturated rings. The normalized spacial score (nSPS) is 12.0. The third-order valence-electron chi connectivity index (χ3n) is 2.19. The number of benzene rings is 1. The summed E-state index contributed by atoms with van der Waals surface area (Å²) in [4.78, 5) is 5.02. The Morgan fingerprint density at radius 3 is 2.65 bits per heavy atom. The second kappa shape index (κ2) is 4.39. The molecule has 0 spiro atoms. The van der Waals surface area contributed by atoms with Gasteiger partial charge >= 0.3 is 0 Å². The highest BCUT2D eigenvalue weighted by molar-refractivity contribution is 8.00. The van der Waals surface area contributed by atoms with E-state index in [1.165, 1.54) is 0 Å². The summed E-state index contributed by atoms with van der Waals surface area (Å²) >= 11 is 7.74. The van der Waals surface area contributed by atoms with Crippen LogP contribution in [0.3, 0.4) is 0 Å². The van der Waals surface area contributed by atoms with E-state index in [9.17, 15) is 5.11 Å². The predicted octanol–water partition coefficient (Wildman–Crippen LogP) is 4.48. The van der Waals surface area contributed by atoms with E-state index in [-0.39, 0.29) is 10.5 Å². The van der Waals surface area contributed by atoms with E-state index in [2.05, 4.69) is 25.8 Å². The molecule has 1 aromatic heterocycles. The van der Waals surface area contributed by atoms with Crippen molar-refractivity contribution in [3.63, 3.8) is 0 Å². The molecular weight excluding hydrogens is 254 g/mol. The number of hydrogen-bond donors (Lipinski definition) is 1. The van der Waals surface area contributed by atoms with E-state index in [4.69, 9.17) is 11.6 Å². The van der Waals surface area contributed by atoms with Gasteiger partial charge in [-0.2, -0.15) is 0 Å². The number of phenolic OH excluding ortho intramolecular Hbond substituents is 1. The third kappa shape index (κ3) is 2.85. The average molecular weight is 268 g/mol. The second-order valence-corrected chi connectivity index (χ2v) is 7.12. The number of fused-ring (bicyclic) bond motifs is 1. The van der Waals surface area contributed by atoms with Gasteiger partial charge in [0.15, 0.2) is 0 Å². The van der Waals surface area contributed by atoms with Crippen LogP contribution in [0.5, 0.6) is 5.75 Å². The molecule has 2 rings (SSSR count). The molecule has 4 heteroatoms. The Morgan fingerprint density at radius 1 is 1.29 bits per heavy atom. The van der Waals surface area contributed by atoms with Gasteiger partial charge in [-0.3, -0.25) is 4.98 Å². The van der Waals surface area contributed by atoms with Crippen molar-refractivity contribution in [1.29, 1.82) is 0 Å². The molecule has 0 aliphatic heterocycles. The van der Waals surface area contributed by atoms with Crippen LogP contribution in [0.25, 0.3) is 10.9 Å². The minimum Gasteiger partial charge on any atom is -0.507 e. The minimum absolute atomic E-state index is 0.0415. The minimum atomic E-state index is 0.0415. The van der Waals surface area contributed by atoms with Crippen molar-refractivity contribution in [3.8, 4) is 5.75 Å². The molecule has 17 heavy (non-hydrogen) atoms. The monoisotopic (exact) mass is 267 g/mol. The summed E-state index contributed by atoms with van der Waals surface area (Å²) in [7, 11) is 0. The number of aromatic hydroxyl groups is 1. The maximum absolute atomic E-state index is 9.96. The largest absolute Gasteiger partial charge is 0.507 e. The maximum Gasteiger partial charge on any atom is 0.131 e. The Morgan fingerprint density at radius 2 is 2.00 bits per heavy atom. The number of hydrogen-bond acceptors (Lipinski definition) is 3. The summed E-state index contributed by atoms with van der Waals surface area (Å²) in [6.07, 6.45) is 1.64. The molecule has 0 aliphatic rings. The van der Waals surface area contributed by atoms with Crippen molar-refractivity contribution >= 4 is 34.3 Å². The van der Waals surface area contributed by atoms with Crippen molar-refractivity contribution in [2.45, 2.75) is 30.4 Å². The SMILES string of the molecule is CC(C)(C)Sc1cc2c(Cl)ccnc2cc1O. The van der Waals surface area contributed by atoms with Gasteiger partial charge < -0.3 is 5.11 Å². The molecule has 0 aliphatic carbocycles. The first kappa shape index (κ1) is 12.5. The lowest BCUT2D eigenvalue weighted by atomic mass is 10.2. The number of nitrogens with zero attached hydrogens (tertiary/aromatic N) is 1. The smallest absolute Gasteiger partial charge is 0.131 e. The molecule has 1 aromatic carbocycles. The van der Waals surface area contributed by atoms with Gasteiger partial charge in [-0.05, 0) is 12.1 Å². The van der Waals surface area contributed by atoms with Crippen LogP contribution >= 0.6 is 23.4 Å². The van der Waals surface area contributed by atoms with Crippen molar-refractivity contribution in [3.05, 3.63) is 29.4 Å². The first-order valence-corrected chi connectivity index (χ1v) is 6.52. The Balaban J connectivity index is 2.58. The van der Waals surface area contributed by atoms with Crippen LogP contribution in [0.2, 0.25) is 5.02 Å². The first-order valence-electron chi connectivity index (χ1n) is 5.33. The molecule has 0 bridgehead atoms. The molecule has 0 saturated heterocycles. The maximum atomic E-state index is 9.96. The average Bonchev–Trinajstić information content (AvgIpc) is 2.18. The Bertz CT molecular complexity index is 563. The van der Waals surface area contributed by atoms with Gasteiger partial charge in [-0.1, -0.05) is 32.4 Å². The summed E-state index contributed by atoms with van der Waals surface area (Å²) in [5.74, 6) is 0.257. The van der Waals surface area contributed by atoms with Crippen LogP contribution in [-0.4, -0.2) is 14.8 Å². The fourth-order valence-electron chi connectivity index (χ4n) is 1.54. The van der Waals surface area contributed by atoms with Gasteiger partial charge in [0.05, 0.1) is 15.4 Å². The van der Waals surface area contributed by atoms with Crippen LogP contribution < -0.4 is 0 Å². The van der Waals surface area contributed by atoms with Crippen LogP contribution in [0, 0.1) is 0 Å². The van der Waals surface area contributed by atoms with Crippen LogP contribution in [0.4, 0.5) is 0 Å². The quantitative estimate of drug-likeness (QED) is 0.773. The first-order chi connectivity index (χ1) is 7.87. The van der Waals surface area contributed by atoms with E-state index >= 15 is 0 Å². The highest BCUT2D eigenvalue weighted by atomic mass is 35.5. The van der Waals surface area contributed by atoms with Gasteiger partial charge in [0, 0.05) is 22.4 Å². The Kier molecular flexibility index (Phi) is 3.23. The number of pyridine rings is 1. The van der Waals surface area contributed by atoms with E-state index < -0.39 is 0 Å². The van der Waals surface area contributed by atoms with Crippen molar-refractivity contribution in [2.75, 3.05) is 0 Å². The molecule has 1 N–H and O–H groups in total. The summed E-state index contributed by atoms with van der Waals surface area (Å²) in [6, 6.07) is 5.32. The van der Waals surface area contributed by atoms with E-state index in [0.717, 1.165) is 10.3 Å². The Labute approximate surface area is 110 Å². The fourth-order valence-corrected chi connectivity index (χ4v) is 2.75. The van der Waals surface area contributed by atoms with Gasteiger partial charge in [0.1, 0.15) is 5.75 Å². The van der Waals surface area contributed by atoms with Gasteiger partial charge in [-0.15, -0.1) is 11.8 Å². The predicted molar refractivity (Wildman–Crippen MR) is 74.0 cm³/mol. The van der Waals surface area contributed by atoms with Crippen molar-refractivity contribution in [2.24, 2.45) is 0 Å². The molecule has 2 nitrogen and oxygen atoms in total. The number of aromatic nitrogens is 1. The second-order valence-electron chi connectivity index (χ2n) is 4.84. The molecule has 1 heterocycles. The lowest BCUT2D eigenvalue weighted by Crippen LogP contribution is -2.06. The summed E-state index contributed by atoms with van der Waals surface area (Å²) in [5.41, 5.74) is 0.716. The van der Waals surface area contributed by atoms with Crippen molar-refractivity contribution < 1.29 is 5.11 Å². The van der Waals surface area contributed by atoms with E-state index in [1.807, 2.05) is 6.07 Å². The topological polar surface area (TPSA) is 33.1 Å². The zero-order valence-electron chi connectivity index (χ0n) is 9.99. The highest BCUT2D eigenvalue weighted by Gasteiger charge is 2.16. The highest BCUT2D eigenvalue weighted by Crippen LogP contribution is 2.40. The summed E-state index contributed by atoms with van der Waals surface area (Å²) in [5, 5.41) is 11.5. The fraction of sp³-hybridized carbons (Fsp3) is 0.308. The number of halogens is 1. The van der Waals surface area contributed by atoms with Gasteiger partial charge in [0.2, 0.25) is 0 Å². The summed E-state index contributed by atoms with van der Waals surface area (Å²) < 4.78 is 0.0415. The van der Waals surface area contributed by atoms with Crippen LogP contribution in [0.15, 0.2) is 29.3 Å².